The number of rotatable bonds is 3. The minimum absolute atomic E-state index is 0.0160. The third kappa shape index (κ3) is 2.39. The molecule has 0 aliphatic rings. The van der Waals surface area contributed by atoms with Crippen LogP contribution in [0.1, 0.15) is 11.4 Å². The first kappa shape index (κ1) is 11.1. The smallest absolute Gasteiger partial charge is 0.342 e. The molecule has 0 N–H and O–H groups in total. The molecule has 2 rings (SSSR count). The van der Waals surface area contributed by atoms with Gasteiger partial charge in [-0.05, 0) is 16.6 Å². The molecule has 1 aromatic heterocycles. The lowest BCUT2D eigenvalue weighted by atomic mass is 10.2. The monoisotopic (exact) mass is 229 g/mol. The molecule has 0 atom stereocenters. The highest BCUT2D eigenvalue weighted by molar-refractivity contribution is 5.67. The zero-order chi connectivity index (χ0) is 12.3. The maximum atomic E-state index is 10.6. The Labute approximate surface area is 98.2 Å². The average Bonchev–Trinajstić information content (AvgIpc) is 2.69. The third-order valence-corrected chi connectivity index (χ3v) is 2.41. The van der Waals surface area contributed by atoms with E-state index in [-0.39, 0.29) is 5.82 Å². The number of benzene rings is 1. The minimum atomic E-state index is -0.452. The fourth-order valence-corrected chi connectivity index (χ4v) is 1.47. The number of nitrogens with zero attached hydrogens (tertiary/aromatic N) is 3. The molecular weight excluding hydrogens is 218 g/mol. The van der Waals surface area contributed by atoms with Crippen molar-refractivity contribution in [2.75, 3.05) is 0 Å². The van der Waals surface area contributed by atoms with Gasteiger partial charge in [0.1, 0.15) is 6.20 Å². The Hall–Kier alpha value is -2.43. The van der Waals surface area contributed by atoms with Gasteiger partial charge in [-0.25, -0.2) is 9.55 Å². The molecule has 0 aliphatic carbocycles. The third-order valence-electron chi connectivity index (χ3n) is 2.41. The Morgan fingerprint density at radius 3 is 2.59 bits per heavy atom. The highest BCUT2D eigenvalue weighted by atomic mass is 16.6. The Bertz CT molecular complexity index is 558. The molecule has 0 bridgehead atoms. The lowest BCUT2D eigenvalue weighted by Gasteiger charge is -1.94. The summed E-state index contributed by atoms with van der Waals surface area (Å²) in [5, 5.41) is 10.6. The fraction of sp³-hybridized carbons (Fsp3) is 0.0833. The van der Waals surface area contributed by atoms with Crippen LogP contribution >= 0.6 is 0 Å². The Morgan fingerprint density at radius 2 is 2.00 bits per heavy atom. The van der Waals surface area contributed by atoms with Crippen LogP contribution in [0.25, 0.3) is 12.2 Å². The summed E-state index contributed by atoms with van der Waals surface area (Å²) in [6, 6.07) is 9.70. The molecule has 1 aromatic carbocycles. The maximum absolute atomic E-state index is 10.6. The van der Waals surface area contributed by atoms with Crippen molar-refractivity contribution in [2.24, 2.45) is 7.05 Å². The Balaban J connectivity index is 2.25. The zero-order valence-electron chi connectivity index (χ0n) is 9.28. The van der Waals surface area contributed by atoms with Crippen molar-refractivity contribution in [3.63, 3.8) is 0 Å². The molecule has 0 aliphatic heterocycles. The summed E-state index contributed by atoms with van der Waals surface area (Å²) < 4.78 is 1.44. The van der Waals surface area contributed by atoms with Crippen LogP contribution < -0.4 is 0 Å². The molecule has 2 aromatic rings. The van der Waals surface area contributed by atoms with Gasteiger partial charge in [0.2, 0.25) is 5.82 Å². The van der Waals surface area contributed by atoms with Crippen LogP contribution in [0.3, 0.4) is 0 Å². The van der Waals surface area contributed by atoms with Gasteiger partial charge in [0.15, 0.2) is 0 Å². The first-order chi connectivity index (χ1) is 8.18. The predicted molar refractivity (Wildman–Crippen MR) is 65.2 cm³/mol. The van der Waals surface area contributed by atoms with Crippen molar-refractivity contribution in [3.8, 4) is 0 Å². The van der Waals surface area contributed by atoms with Gasteiger partial charge in [-0.2, -0.15) is 0 Å². The number of hydrogen-bond donors (Lipinski definition) is 0. The van der Waals surface area contributed by atoms with Crippen molar-refractivity contribution in [3.05, 3.63) is 58.0 Å². The number of imidazole rings is 1. The topological polar surface area (TPSA) is 61.0 Å². The van der Waals surface area contributed by atoms with E-state index in [1.807, 2.05) is 36.4 Å². The number of aromatic nitrogens is 2. The summed E-state index contributed by atoms with van der Waals surface area (Å²) in [6.45, 7) is 0. The lowest BCUT2D eigenvalue weighted by molar-refractivity contribution is -0.391. The van der Waals surface area contributed by atoms with E-state index in [1.54, 1.807) is 13.1 Å². The molecule has 5 nitrogen and oxygen atoms in total. The summed E-state index contributed by atoms with van der Waals surface area (Å²) in [5.41, 5.74) is 1.03. The van der Waals surface area contributed by atoms with Gasteiger partial charge in [0.05, 0.1) is 7.05 Å². The van der Waals surface area contributed by atoms with E-state index in [2.05, 4.69) is 4.98 Å². The Kier molecular flexibility index (Phi) is 3.00. The summed E-state index contributed by atoms with van der Waals surface area (Å²) in [5.74, 6) is 0.540. The van der Waals surface area contributed by atoms with Crippen LogP contribution in [0.5, 0.6) is 0 Å². The molecule has 17 heavy (non-hydrogen) atoms. The fourth-order valence-electron chi connectivity index (χ4n) is 1.47. The summed E-state index contributed by atoms with van der Waals surface area (Å²) in [7, 11) is 1.62. The number of hydrogen-bond acceptors (Lipinski definition) is 3. The average molecular weight is 229 g/mol. The quantitative estimate of drug-likeness (QED) is 0.600. The Morgan fingerprint density at radius 1 is 1.29 bits per heavy atom. The van der Waals surface area contributed by atoms with Gasteiger partial charge in [-0.3, -0.25) is 0 Å². The van der Waals surface area contributed by atoms with Crippen LogP contribution in [0, 0.1) is 10.1 Å². The van der Waals surface area contributed by atoms with Gasteiger partial charge in [-0.15, -0.1) is 0 Å². The molecule has 0 fully saturated rings. The van der Waals surface area contributed by atoms with E-state index < -0.39 is 4.92 Å². The van der Waals surface area contributed by atoms with E-state index in [4.69, 9.17) is 0 Å². The van der Waals surface area contributed by atoms with Gasteiger partial charge in [-0.1, -0.05) is 30.3 Å². The van der Waals surface area contributed by atoms with Crippen LogP contribution in [-0.4, -0.2) is 14.5 Å². The van der Waals surface area contributed by atoms with Crippen molar-refractivity contribution in [2.45, 2.75) is 0 Å². The molecular formula is C12H11N3O2. The van der Waals surface area contributed by atoms with Crippen LogP contribution in [0.4, 0.5) is 5.82 Å². The summed E-state index contributed by atoms with van der Waals surface area (Å²) in [4.78, 5) is 14.2. The highest BCUT2D eigenvalue weighted by Gasteiger charge is 2.13. The normalized spacial score (nSPS) is 10.9. The van der Waals surface area contributed by atoms with Crippen molar-refractivity contribution < 1.29 is 4.92 Å². The first-order valence-electron chi connectivity index (χ1n) is 5.08. The molecule has 0 amide bonds. The maximum Gasteiger partial charge on any atom is 0.342 e. The van der Waals surface area contributed by atoms with Crippen LogP contribution in [-0.2, 0) is 7.05 Å². The van der Waals surface area contributed by atoms with Crippen molar-refractivity contribution in [1.29, 1.82) is 0 Å². The molecule has 5 heteroatoms. The second-order valence-corrected chi connectivity index (χ2v) is 3.53. The van der Waals surface area contributed by atoms with Gasteiger partial charge in [0.25, 0.3) is 0 Å². The molecule has 0 spiro atoms. The molecule has 0 saturated carbocycles. The van der Waals surface area contributed by atoms with Crippen LogP contribution in [0.15, 0.2) is 36.5 Å². The predicted octanol–water partition coefficient (Wildman–Crippen LogP) is 2.50. The number of nitro groups is 1. The zero-order valence-corrected chi connectivity index (χ0v) is 9.28. The van der Waals surface area contributed by atoms with E-state index in [1.165, 1.54) is 10.8 Å². The van der Waals surface area contributed by atoms with Gasteiger partial charge in [0, 0.05) is 6.08 Å². The second kappa shape index (κ2) is 4.61. The van der Waals surface area contributed by atoms with Crippen LogP contribution in [0.2, 0.25) is 0 Å². The molecule has 0 radical (unpaired) electrons. The molecule has 86 valence electrons. The molecule has 1 heterocycles. The molecule has 0 saturated heterocycles. The van der Waals surface area contributed by atoms with E-state index in [9.17, 15) is 10.1 Å². The van der Waals surface area contributed by atoms with Gasteiger partial charge < -0.3 is 10.1 Å². The minimum Gasteiger partial charge on any atom is -0.358 e. The second-order valence-electron chi connectivity index (χ2n) is 3.53. The van der Waals surface area contributed by atoms with Crippen molar-refractivity contribution in [1.82, 2.24) is 9.55 Å². The summed E-state index contributed by atoms with van der Waals surface area (Å²) in [6.07, 6.45) is 4.87. The van der Waals surface area contributed by atoms with E-state index in [0.717, 1.165) is 5.56 Å². The van der Waals surface area contributed by atoms with E-state index in [0.29, 0.717) is 5.82 Å². The van der Waals surface area contributed by atoms with Crippen molar-refractivity contribution >= 4 is 18.0 Å². The first-order valence-corrected chi connectivity index (χ1v) is 5.08. The van der Waals surface area contributed by atoms with Gasteiger partial charge >= 0.3 is 5.82 Å². The summed E-state index contributed by atoms with van der Waals surface area (Å²) >= 11 is 0. The van der Waals surface area contributed by atoms with E-state index >= 15 is 0 Å². The largest absolute Gasteiger partial charge is 0.358 e. The lowest BCUT2D eigenvalue weighted by Crippen LogP contribution is -1.98. The standard InChI is InChI=1S/C12H11N3O2/c1-14-11(13-9-12(14)15(16)17)8-7-10-5-3-2-4-6-10/h2-9H,1H3/b8-7-. The highest BCUT2D eigenvalue weighted by Crippen LogP contribution is 2.14. The SMILES string of the molecule is Cn1c([N+](=O)[O-])cnc1/C=C\c1ccccc1. The molecule has 0 unspecified atom stereocenters.